The van der Waals surface area contributed by atoms with E-state index < -0.39 is 0 Å². The maximum absolute atomic E-state index is 2.42. The third-order valence-electron chi connectivity index (χ3n) is 11.0. The highest BCUT2D eigenvalue weighted by atomic mass is 15.2. The van der Waals surface area contributed by atoms with Crippen molar-refractivity contribution in [2.45, 2.75) is 0 Å². The molecule has 0 fully saturated rings. The predicted molar refractivity (Wildman–Crippen MR) is 210 cm³/mol. The lowest BCUT2D eigenvalue weighted by molar-refractivity contribution is 1.15. The second kappa shape index (κ2) is 10.5. The molecule has 3 aliphatic rings. The summed E-state index contributed by atoms with van der Waals surface area (Å²) in [5, 5.41) is 0. The van der Waals surface area contributed by atoms with Gasteiger partial charge < -0.3 is 14.7 Å². The Kier molecular flexibility index (Phi) is 6.01. The number of nitrogens with zero attached hydrogens (tertiary/aromatic N) is 3. The van der Waals surface area contributed by atoms with Gasteiger partial charge in [-0.15, -0.1) is 0 Å². The van der Waals surface area contributed by atoms with Crippen LogP contribution in [0.1, 0.15) is 0 Å². The van der Waals surface area contributed by atoms with Crippen LogP contribution >= 0.6 is 0 Å². The van der Waals surface area contributed by atoms with Crippen LogP contribution in [0.3, 0.4) is 0 Å². The van der Waals surface area contributed by atoms with E-state index >= 15 is 0 Å². The van der Waals surface area contributed by atoms with Gasteiger partial charge in [-0.25, -0.2) is 0 Å². The first-order valence-corrected chi connectivity index (χ1v) is 17.1. The molecule has 10 rings (SSSR count). The lowest BCUT2D eigenvalue weighted by Crippen LogP contribution is -2.65. The summed E-state index contributed by atoms with van der Waals surface area (Å²) < 4.78 is 0. The summed E-state index contributed by atoms with van der Waals surface area (Å²) in [5.74, 6) is 0. The molecule has 0 radical (unpaired) electrons. The molecule has 232 valence electrons. The molecule has 0 aliphatic carbocycles. The number of anilines is 6. The summed E-state index contributed by atoms with van der Waals surface area (Å²) in [6.07, 6.45) is 0. The van der Waals surface area contributed by atoms with E-state index in [-0.39, 0.29) is 6.71 Å². The maximum Gasteiger partial charge on any atom is 0.257 e. The van der Waals surface area contributed by atoms with E-state index in [1.54, 1.807) is 0 Å². The number of rotatable bonds is 4. The van der Waals surface area contributed by atoms with E-state index in [9.17, 15) is 0 Å². The minimum absolute atomic E-state index is 0.217. The van der Waals surface area contributed by atoms with E-state index in [0.717, 1.165) is 0 Å². The maximum atomic E-state index is 2.42. The summed E-state index contributed by atoms with van der Waals surface area (Å²) in [5.41, 5.74) is 21.8. The Hall–Kier alpha value is -6.00. The van der Waals surface area contributed by atoms with Gasteiger partial charge in [0.05, 0.1) is 0 Å². The SMILES string of the molecule is CN1c2cccc3c2B2c4c1cccc4N(C)c1cc(-c4cccc(-c5cccc(-c6cccc(-c7ccccc7)c6)c5)c4)cc(c12)N3C. The summed E-state index contributed by atoms with van der Waals surface area (Å²) in [4.78, 5) is 7.20. The van der Waals surface area contributed by atoms with E-state index in [2.05, 4.69) is 188 Å². The third-order valence-corrected chi connectivity index (χ3v) is 11.0. The molecule has 0 unspecified atom stereocenters. The van der Waals surface area contributed by atoms with Gasteiger partial charge in [-0.3, -0.25) is 0 Å². The molecule has 3 aliphatic heterocycles. The normalized spacial score (nSPS) is 13.4. The molecular formula is C45H34BN3. The Morgan fingerprint density at radius 1 is 0.286 bits per heavy atom. The predicted octanol–water partition coefficient (Wildman–Crippen LogP) is 9.11. The molecule has 0 amide bonds. The second-order valence-corrected chi connectivity index (χ2v) is 13.6. The fourth-order valence-corrected chi connectivity index (χ4v) is 8.57. The van der Waals surface area contributed by atoms with Gasteiger partial charge in [0.2, 0.25) is 0 Å². The van der Waals surface area contributed by atoms with Crippen LogP contribution in [0.25, 0.3) is 44.5 Å². The average molecular weight is 628 g/mol. The second-order valence-electron chi connectivity index (χ2n) is 13.6. The van der Waals surface area contributed by atoms with Gasteiger partial charge in [0.1, 0.15) is 0 Å². The van der Waals surface area contributed by atoms with Crippen molar-refractivity contribution in [1.29, 1.82) is 0 Å². The van der Waals surface area contributed by atoms with Gasteiger partial charge in [-0.2, -0.15) is 0 Å². The van der Waals surface area contributed by atoms with Crippen LogP contribution in [0, 0.1) is 0 Å². The zero-order chi connectivity index (χ0) is 32.8. The largest absolute Gasteiger partial charge is 0.345 e. The monoisotopic (exact) mass is 627 g/mol. The minimum Gasteiger partial charge on any atom is -0.345 e. The Labute approximate surface area is 288 Å². The molecule has 0 aromatic heterocycles. The molecule has 7 aromatic carbocycles. The van der Waals surface area contributed by atoms with Gasteiger partial charge >= 0.3 is 0 Å². The summed E-state index contributed by atoms with van der Waals surface area (Å²) >= 11 is 0. The molecule has 0 N–H and O–H groups in total. The molecular weight excluding hydrogens is 593 g/mol. The van der Waals surface area contributed by atoms with Crippen molar-refractivity contribution < 1.29 is 0 Å². The van der Waals surface area contributed by atoms with Gasteiger partial charge in [-0.05, 0) is 115 Å². The Morgan fingerprint density at radius 2 is 0.592 bits per heavy atom. The first kappa shape index (κ1) is 28.1. The lowest BCUT2D eigenvalue weighted by Gasteiger charge is -2.47. The highest BCUT2D eigenvalue weighted by Gasteiger charge is 2.46. The van der Waals surface area contributed by atoms with Gasteiger partial charge in [0.15, 0.2) is 0 Å². The van der Waals surface area contributed by atoms with Gasteiger partial charge in [0.25, 0.3) is 6.71 Å². The van der Waals surface area contributed by atoms with E-state index in [4.69, 9.17) is 0 Å². The van der Waals surface area contributed by atoms with Crippen molar-refractivity contribution in [2.24, 2.45) is 0 Å². The van der Waals surface area contributed by atoms with Crippen molar-refractivity contribution in [2.75, 3.05) is 35.8 Å². The topological polar surface area (TPSA) is 9.72 Å². The van der Waals surface area contributed by atoms with Crippen LogP contribution in [-0.4, -0.2) is 27.9 Å². The van der Waals surface area contributed by atoms with Crippen molar-refractivity contribution in [3.63, 3.8) is 0 Å². The van der Waals surface area contributed by atoms with Gasteiger partial charge in [0, 0.05) is 55.3 Å². The van der Waals surface area contributed by atoms with Crippen molar-refractivity contribution in [3.05, 3.63) is 152 Å². The first-order chi connectivity index (χ1) is 24.0. The molecule has 7 aromatic rings. The highest BCUT2D eigenvalue weighted by molar-refractivity contribution is 7.02. The molecule has 0 spiro atoms. The number of hydrogen-bond donors (Lipinski definition) is 0. The van der Waals surface area contributed by atoms with E-state index in [1.165, 1.54) is 95.0 Å². The molecule has 0 bridgehead atoms. The summed E-state index contributed by atoms with van der Waals surface area (Å²) in [7, 11) is 6.67. The average Bonchev–Trinajstić information content (AvgIpc) is 3.17. The van der Waals surface area contributed by atoms with Crippen molar-refractivity contribution in [1.82, 2.24) is 0 Å². The van der Waals surface area contributed by atoms with Crippen LogP contribution in [0.4, 0.5) is 34.1 Å². The van der Waals surface area contributed by atoms with Crippen LogP contribution in [0.5, 0.6) is 0 Å². The third kappa shape index (κ3) is 4.10. The summed E-state index contributed by atoms with van der Waals surface area (Å²) in [6, 6.07) is 55.8. The smallest absolute Gasteiger partial charge is 0.257 e. The van der Waals surface area contributed by atoms with Crippen LogP contribution in [0.15, 0.2) is 152 Å². The standard InChI is InChI=1S/C45H34BN3/c1-47-37-20-10-22-39-43(37)46-44-38(47)21-11-23-40(44)49(3)42-28-36(27-41(45(42)46)48(39)2)35-19-9-18-34(26-35)33-17-8-16-32(25-33)31-15-7-14-30(24-31)29-12-5-4-6-13-29/h4-28H,1-3H3. The molecule has 0 saturated carbocycles. The molecule has 3 nitrogen and oxygen atoms in total. The summed E-state index contributed by atoms with van der Waals surface area (Å²) in [6.45, 7) is 0.217. The van der Waals surface area contributed by atoms with Crippen LogP contribution in [-0.2, 0) is 0 Å². The molecule has 0 atom stereocenters. The zero-order valence-corrected chi connectivity index (χ0v) is 27.9. The number of hydrogen-bond acceptors (Lipinski definition) is 3. The van der Waals surface area contributed by atoms with Crippen LogP contribution in [0.2, 0.25) is 0 Å². The fraction of sp³-hybridized carbons (Fsp3) is 0.0667. The number of benzene rings is 7. The van der Waals surface area contributed by atoms with Crippen LogP contribution < -0.4 is 31.1 Å². The minimum atomic E-state index is 0.217. The van der Waals surface area contributed by atoms with E-state index in [1.807, 2.05) is 0 Å². The Morgan fingerprint density at radius 3 is 1.02 bits per heavy atom. The van der Waals surface area contributed by atoms with Crippen molar-refractivity contribution >= 4 is 57.2 Å². The zero-order valence-electron chi connectivity index (χ0n) is 27.9. The molecule has 3 heterocycles. The first-order valence-electron chi connectivity index (χ1n) is 17.1. The molecule has 0 saturated heterocycles. The Bertz CT molecular complexity index is 2380. The fourth-order valence-electron chi connectivity index (χ4n) is 8.57. The highest BCUT2D eigenvalue weighted by Crippen LogP contribution is 2.44. The van der Waals surface area contributed by atoms with E-state index in [0.29, 0.717) is 0 Å². The van der Waals surface area contributed by atoms with Crippen molar-refractivity contribution in [3.8, 4) is 44.5 Å². The molecule has 49 heavy (non-hydrogen) atoms. The quantitative estimate of drug-likeness (QED) is 0.180. The molecule has 4 heteroatoms. The lowest BCUT2D eigenvalue weighted by atomic mass is 9.32. The van der Waals surface area contributed by atoms with Gasteiger partial charge in [-0.1, -0.05) is 97.1 Å². The Balaban J connectivity index is 1.08.